The highest BCUT2D eigenvalue weighted by molar-refractivity contribution is 4.85. The van der Waals surface area contributed by atoms with Gasteiger partial charge in [0.2, 0.25) is 0 Å². The van der Waals surface area contributed by atoms with Crippen molar-refractivity contribution in [1.82, 2.24) is 5.32 Å². The number of rotatable bonds is 3. The Morgan fingerprint density at radius 3 is 2.40 bits per heavy atom. The number of aliphatic hydroxyl groups excluding tert-OH is 1. The fourth-order valence-corrected chi connectivity index (χ4v) is 2.88. The molecule has 0 bridgehead atoms. The van der Waals surface area contributed by atoms with Crippen LogP contribution in [0, 0.1) is 0 Å². The van der Waals surface area contributed by atoms with E-state index in [0.717, 1.165) is 25.7 Å². The van der Waals surface area contributed by atoms with Crippen LogP contribution in [0.3, 0.4) is 0 Å². The molecule has 2 rings (SSSR count). The minimum Gasteiger partial charge on any atom is -0.390 e. The lowest BCUT2D eigenvalue weighted by molar-refractivity contribution is -0.0837. The van der Waals surface area contributed by atoms with E-state index in [1.165, 1.54) is 19.3 Å². The maximum absolute atomic E-state index is 9.73. The number of ether oxygens (including phenoxy) is 1. The van der Waals surface area contributed by atoms with Gasteiger partial charge in [-0.1, -0.05) is 12.8 Å². The van der Waals surface area contributed by atoms with E-state index < -0.39 is 0 Å². The summed E-state index contributed by atoms with van der Waals surface area (Å²) in [5, 5.41) is 13.1. The number of hydrogen-bond acceptors (Lipinski definition) is 3. The van der Waals surface area contributed by atoms with Crippen molar-refractivity contribution < 1.29 is 9.84 Å². The zero-order chi connectivity index (χ0) is 10.7. The lowest BCUT2D eigenvalue weighted by atomic mass is 9.92. The Kier molecular flexibility index (Phi) is 4.00. The van der Waals surface area contributed by atoms with Crippen molar-refractivity contribution in [1.29, 1.82) is 0 Å². The number of hydrogen-bond donors (Lipinski definition) is 2. The second kappa shape index (κ2) is 5.28. The molecule has 4 unspecified atom stereocenters. The van der Waals surface area contributed by atoms with Crippen molar-refractivity contribution in [3.05, 3.63) is 0 Å². The van der Waals surface area contributed by atoms with Gasteiger partial charge in [-0.2, -0.15) is 0 Å². The summed E-state index contributed by atoms with van der Waals surface area (Å²) in [5.74, 6) is 0. The van der Waals surface area contributed by atoms with Gasteiger partial charge in [-0.15, -0.1) is 0 Å². The fourth-order valence-electron chi connectivity index (χ4n) is 2.88. The third-order valence-corrected chi connectivity index (χ3v) is 3.84. The smallest absolute Gasteiger partial charge is 0.0838 e. The number of aliphatic hydroxyl groups is 1. The summed E-state index contributed by atoms with van der Waals surface area (Å²) >= 11 is 0. The summed E-state index contributed by atoms with van der Waals surface area (Å²) in [6, 6.07) is 0.492. The van der Waals surface area contributed by atoms with Gasteiger partial charge in [0.1, 0.15) is 0 Å². The minimum atomic E-state index is -0.218. The Morgan fingerprint density at radius 1 is 1.00 bits per heavy atom. The predicted octanol–water partition coefficient (Wildman–Crippen LogP) is 1.45. The van der Waals surface area contributed by atoms with Crippen molar-refractivity contribution >= 4 is 0 Å². The second-order valence-corrected chi connectivity index (χ2v) is 4.89. The molecule has 0 aromatic carbocycles. The van der Waals surface area contributed by atoms with Gasteiger partial charge < -0.3 is 15.2 Å². The molecular weight excluding hydrogens is 190 g/mol. The van der Waals surface area contributed by atoms with Crippen LogP contribution in [0.4, 0.5) is 0 Å². The van der Waals surface area contributed by atoms with Gasteiger partial charge in [-0.3, -0.25) is 0 Å². The normalized spacial score (nSPS) is 42.0. The van der Waals surface area contributed by atoms with Crippen LogP contribution in [0.15, 0.2) is 0 Å². The molecule has 3 nitrogen and oxygen atoms in total. The molecule has 0 aliphatic heterocycles. The molecule has 0 saturated heterocycles. The Hall–Kier alpha value is -0.120. The Bertz CT molecular complexity index is 198. The highest BCUT2D eigenvalue weighted by Crippen LogP contribution is 2.28. The van der Waals surface area contributed by atoms with Crippen LogP contribution in [0.5, 0.6) is 0 Å². The van der Waals surface area contributed by atoms with Gasteiger partial charge in [0.15, 0.2) is 0 Å². The average molecular weight is 213 g/mol. The number of nitrogens with one attached hydrogen (secondary N) is 1. The molecule has 0 amide bonds. The molecule has 0 aromatic heterocycles. The summed E-state index contributed by atoms with van der Waals surface area (Å²) in [4.78, 5) is 0. The first-order valence-electron chi connectivity index (χ1n) is 6.32. The van der Waals surface area contributed by atoms with E-state index in [1.54, 1.807) is 0 Å². The second-order valence-electron chi connectivity index (χ2n) is 4.89. The quantitative estimate of drug-likeness (QED) is 0.745. The Morgan fingerprint density at radius 2 is 1.73 bits per heavy atom. The molecule has 2 aliphatic carbocycles. The summed E-state index contributed by atoms with van der Waals surface area (Å²) in [6.07, 6.45) is 8.21. The van der Waals surface area contributed by atoms with Crippen LogP contribution in [-0.4, -0.2) is 36.5 Å². The van der Waals surface area contributed by atoms with Gasteiger partial charge in [0.05, 0.1) is 18.3 Å². The van der Waals surface area contributed by atoms with Crippen molar-refractivity contribution in [2.45, 2.75) is 69.3 Å². The molecule has 3 heteroatoms. The molecule has 88 valence electrons. The van der Waals surface area contributed by atoms with E-state index >= 15 is 0 Å². The first-order valence-corrected chi connectivity index (χ1v) is 6.32. The van der Waals surface area contributed by atoms with E-state index in [2.05, 4.69) is 5.32 Å². The summed E-state index contributed by atoms with van der Waals surface area (Å²) in [5.41, 5.74) is 0. The minimum absolute atomic E-state index is 0.101. The van der Waals surface area contributed by atoms with Crippen LogP contribution in [0.2, 0.25) is 0 Å². The zero-order valence-corrected chi connectivity index (χ0v) is 9.61. The third kappa shape index (κ3) is 2.71. The fraction of sp³-hybridized carbons (Fsp3) is 1.00. The molecule has 0 aromatic rings. The molecule has 4 atom stereocenters. The van der Waals surface area contributed by atoms with E-state index in [-0.39, 0.29) is 12.2 Å². The van der Waals surface area contributed by atoms with Gasteiger partial charge in [0.25, 0.3) is 0 Å². The zero-order valence-electron chi connectivity index (χ0n) is 9.61. The van der Waals surface area contributed by atoms with Crippen molar-refractivity contribution in [2.24, 2.45) is 0 Å². The van der Waals surface area contributed by atoms with Crippen LogP contribution in [0.25, 0.3) is 0 Å². The SMILES string of the molecule is CNC1CCCCC1OC1CCCC1O. The maximum atomic E-state index is 9.73. The van der Waals surface area contributed by atoms with Crippen LogP contribution >= 0.6 is 0 Å². The monoisotopic (exact) mass is 213 g/mol. The van der Waals surface area contributed by atoms with E-state index in [1.807, 2.05) is 7.05 Å². The number of likely N-dealkylation sites (N-methyl/N-ethyl adjacent to an activating group) is 1. The lowest BCUT2D eigenvalue weighted by Crippen LogP contribution is -2.44. The molecule has 2 saturated carbocycles. The van der Waals surface area contributed by atoms with Crippen molar-refractivity contribution in [3.63, 3.8) is 0 Å². The highest BCUT2D eigenvalue weighted by Gasteiger charge is 2.32. The van der Waals surface area contributed by atoms with E-state index in [9.17, 15) is 5.11 Å². The van der Waals surface area contributed by atoms with Crippen LogP contribution in [0.1, 0.15) is 44.9 Å². The van der Waals surface area contributed by atoms with Gasteiger partial charge in [0, 0.05) is 6.04 Å². The van der Waals surface area contributed by atoms with Crippen LogP contribution in [-0.2, 0) is 4.74 Å². The molecule has 15 heavy (non-hydrogen) atoms. The predicted molar refractivity (Wildman–Crippen MR) is 59.8 cm³/mol. The molecule has 2 fully saturated rings. The summed E-state index contributed by atoms with van der Waals surface area (Å²) in [6.45, 7) is 0. The van der Waals surface area contributed by atoms with Crippen molar-refractivity contribution in [2.75, 3.05) is 7.05 Å². The summed E-state index contributed by atoms with van der Waals surface area (Å²) < 4.78 is 6.06. The Labute approximate surface area is 92.2 Å². The maximum Gasteiger partial charge on any atom is 0.0838 e. The van der Waals surface area contributed by atoms with Crippen LogP contribution < -0.4 is 5.32 Å². The van der Waals surface area contributed by atoms with Gasteiger partial charge >= 0.3 is 0 Å². The molecule has 0 spiro atoms. The first-order chi connectivity index (χ1) is 7.31. The van der Waals surface area contributed by atoms with Crippen molar-refractivity contribution in [3.8, 4) is 0 Å². The summed E-state index contributed by atoms with van der Waals surface area (Å²) in [7, 11) is 2.01. The largest absolute Gasteiger partial charge is 0.390 e. The molecule has 2 N–H and O–H groups in total. The standard InChI is InChI=1S/C12H23NO2/c1-13-9-5-2-3-7-11(9)15-12-8-4-6-10(12)14/h9-14H,2-8H2,1H3. The molecule has 2 aliphatic rings. The highest BCUT2D eigenvalue weighted by atomic mass is 16.5. The molecule has 0 radical (unpaired) electrons. The first kappa shape index (κ1) is 11.4. The van der Waals surface area contributed by atoms with E-state index in [0.29, 0.717) is 12.1 Å². The van der Waals surface area contributed by atoms with Gasteiger partial charge in [-0.05, 0) is 39.2 Å². The van der Waals surface area contributed by atoms with E-state index in [4.69, 9.17) is 4.74 Å². The lowest BCUT2D eigenvalue weighted by Gasteiger charge is -2.34. The van der Waals surface area contributed by atoms with Gasteiger partial charge in [-0.25, -0.2) is 0 Å². The Balaban J connectivity index is 1.85. The third-order valence-electron chi connectivity index (χ3n) is 3.84. The average Bonchev–Trinajstić information content (AvgIpc) is 2.65. The topological polar surface area (TPSA) is 41.5 Å². The molecular formula is C12H23NO2. The molecule has 0 heterocycles.